The van der Waals surface area contributed by atoms with Gasteiger partial charge in [0.1, 0.15) is 0 Å². The standard InChI is InChI=1S/C15H30N2O/c1-13(2)12-18-10-9-16-14(3)11-15-7-5-4-6-8-17-15/h14-17H,1,4-12H2,2-3H3. The van der Waals surface area contributed by atoms with Crippen LogP contribution in [0, 0.1) is 0 Å². The SMILES string of the molecule is C=C(C)COCCNC(C)CC1CCCCCN1. The van der Waals surface area contributed by atoms with Crippen LogP contribution in [0.5, 0.6) is 0 Å². The fourth-order valence-electron chi connectivity index (χ4n) is 2.44. The van der Waals surface area contributed by atoms with Gasteiger partial charge in [-0.25, -0.2) is 0 Å². The maximum absolute atomic E-state index is 5.48. The second-order valence-electron chi connectivity index (χ2n) is 5.60. The van der Waals surface area contributed by atoms with E-state index in [2.05, 4.69) is 24.1 Å². The van der Waals surface area contributed by atoms with Gasteiger partial charge in [0.2, 0.25) is 0 Å². The molecule has 1 heterocycles. The lowest BCUT2D eigenvalue weighted by Gasteiger charge is -2.21. The molecular weight excluding hydrogens is 224 g/mol. The van der Waals surface area contributed by atoms with Gasteiger partial charge in [-0.2, -0.15) is 0 Å². The number of rotatable bonds is 8. The molecule has 1 aliphatic heterocycles. The number of ether oxygens (including phenoxy) is 1. The molecular formula is C15H30N2O. The number of hydrogen-bond acceptors (Lipinski definition) is 3. The van der Waals surface area contributed by atoms with Crippen molar-refractivity contribution in [2.24, 2.45) is 0 Å². The van der Waals surface area contributed by atoms with E-state index in [4.69, 9.17) is 4.74 Å². The third-order valence-electron chi connectivity index (χ3n) is 3.39. The lowest BCUT2D eigenvalue weighted by Crippen LogP contribution is -2.38. The van der Waals surface area contributed by atoms with Crippen LogP contribution in [0.4, 0.5) is 0 Å². The van der Waals surface area contributed by atoms with E-state index >= 15 is 0 Å². The summed E-state index contributed by atoms with van der Waals surface area (Å²) in [6, 6.07) is 1.26. The van der Waals surface area contributed by atoms with Crippen molar-refractivity contribution in [3.63, 3.8) is 0 Å². The highest BCUT2D eigenvalue weighted by Crippen LogP contribution is 2.12. The van der Waals surface area contributed by atoms with Crippen LogP contribution in [-0.4, -0.2) is 38.4 Å². The second-order valence-corrected chi connectivity index (χ2v) is 5.60. The monoisotopic (exact) mass is 254 g/mol. The second kappa shape index (κ2) is 9.54. The Bertz CT molecular complexity index is 223. The lowest BCUT2D eigenvalue weighted by molar-refractivity contribution is 0.155. The van der Waals surface area contributed by atoms with Gasteiger partial charge >= 0.3 is 0 Å². The summed E-state index contributed by atoms with van der Waals surface area (Å²) >= 11 is 0. The van der Waals surface area contributed by atoms with Crippen LogP contribution in [0.15, 0.2) is 12.2 Å². The quantitative estimate of drug-likeness (QED) is 0.516. The van der Waals surface area contributed by atoms with Crippen LogP contribution in [-0.2, 0) is 4.74 Å². The summed E-state index contributed by atoms with van der Waals surface area (Å²) < 4.78 is 5.48. The minimum Gasteiger partial charge on any atom is -0.376 e. The van der Waals surface area contributed by atoms with Gasteiger partial charge in [0.15, 0.2) is 0 Å². The summed E-state index contributed by atoms with van der Waals surface area (Å²) in [7, 11) is 0. The Morgan fingerprint density at radius 3 is 3.06 bits per heavy atom. The van der Waals surface area contributed by atoms with Crippen LogP contribution >= 0.6 is 0 Å². The Labute approximate surface area is 112 Å². The largest absolute Gasteiger partial charge is 0.376 e. The molecule has 106 valence electrons. The van der Waals surface area contributed by atoms with Crippen LogP contribution in [0.2, 0.25) is 0 Å². The van der Waals surface area contributed by atoms with Gasteiger partial charge in [-0.15, -0.1) is 0 Å². The van der Waals surface area contributed by atoms with Gasteiger partial charge in [-0.05, 0) is 39.7 Å². The van der Waals surface area contributed by atoms with Gasteiger partial charge in [0.25, 0.3) is 0 Å². The molecule has 1 saturated heterocycles. The minimum atomic E-state index is 0.564. The first-order valence-corrected chi connectivity index (χ1v) is 7.37. The van der Waals surface area contributed by atoms with Crippen LogP contribution in [0.1, 0.15) is 46.0 Å². The van der Waals surface area contributed by atoms with E-state index in [-0.39, 0.29) is 0 Å². The highest BCUT2D eigenvalue weighted by Gasteiger charge is 2.14. The maximum atomic E-state index is 5.48. The normalized spacial score (nSPS) is 22.4. The van der Waals surface area contributed by atoms with Crippen molar-refractivity contribution >= 4 is 0 Å². The first kappa shape index (κ1) is 15.7. The van der Waals surface area contributed by atoms with Gasteiger partial charge in [-0.1, -0.05) is 25.0 Å². The molecule has 0 bridgehead atoms. The minimum absolute atomic E-state index is 0.564. The molecule has 0 amide bonds. The summed E-state index contributed by atoms with van der Waals surface area (Å²) in [4.78, 5) is 0. The highest BCUT2D eigenvalue weighted by atomic mass is 16.5. The fourth-order valence-corrected chi connectivity index (χ4v) is 2.44. The van der Waals surface area contributed by atoms with E-state index in [0.29, 0.717) is 18.7 Å². The van der Waals surface area contributed by atoms with Crippen molar-refractivity contribution in [1.29, 1.82) is 0 Å². The lowest BCUT2D eigenvalue weighted by atomic mass is 10.0. The predicted molar refractivity (Wildman–Crippen MR) is 78.0 cm³/mol. The predicted octanol–water partition coefficient (Wildman–Crippen LogP) is 2.48. The van der Waals surface area contributed by atoms with E-state index < -0.39 is 0 Å². The summed E-state index contributed by atoms with van der Waals surface area (Å²) in [5.41, 5.74) is 1.09. The van der Waals surface area contributed by atoms with Crippen LogP contribution in [0.3, 0.4) is 0 Å². The Morgan fingerprint density at radius 1 is 1.44 bits per heavy atom. The van der Waals surface area contributed by atoms with Crippen molar-refractivity contribution in [2.75, 3.05) is 26.3 Å². The van der Waals surface area contributed by atoms with Crippen LogP contribution in [0.25, 0.3) is 0 Å². The van der Waals surface area contributed by atoms with Gasteiger partial charge in [-0.3, -0.25) is 0 Å². The van der Waals surface area contributed by atoms with Crippen molar-refractivity contribution in [1.82, 2.24) is 10.6 Å². The molecule has 0 saturated carbocycles. The smallest absolute Gasteiger partial charge is 0.0672 e. The first-order chi connectivity index (χ1) is 8.68. The molecule has 1 rings (SSSR count). The van der Waals surface area contributed by atoms with Crippen molar-refractivity contribution < 1.29 is 4.74 Å². The molecule has 0 aliphatic carbocycles. The average molecular weight is 254 g/mol. The zero-order valence-electron chi connectivity index (χ0n) is 12.1. The Kier molecular flexibility index (Phi) is 8.31. The summed E-state index contributed by atoms with van der Waals surface area (Å²) in [6.45, 7) is 11.7. The molecule has 18 heavy (non-hydrogen) atoms. The molecule has 3 nitrogen and oxygen atoms in total. The number of hydrogen-bond donors (Lipinski definition) is 2. The van der Waals surface area contributed by atoms with E-state index in [9.17, 15) is 0 Å². The average Bonchev–Trinajstić information content (AvgIpc) is 2.56. The maximum Gasteiger partial charge on any atom is 0.0672 e. The van der Waals surface area contributed by atoms with Gasteiger partial charge in [0, 0.05) is 18.6 Å². The summed E-state index contributed by atoms with van der Waals surface area (Å²) in [5, 5.41) is 7.18. The molecule has 2 atom stereocenters. The molecule has 1 fully saturated rings. The highest BCUT2D eigenvalue weighted by molar-refractivity contribution is 4.87. The molecule has 1 aliphatic rings. The third-order valence-corrected chi connectivity index (χ3v) is 3.39. The van der Waals surface area contributed by atoms with Crippen molar-refractivity contribution in [2.45, 2.75) is 58.0 Å². The number of nitrogens with one attached hydrogen (secondary N) is 2. The fraction of sp³-hybridized carbons (Fsp3) is 0.867. The molecule has 2 N–H and O–H groups in total. The Hall–Kier alpha value is -0.380. The van der Waals surface area contributed by atoms with Crippen molar-refractivity contribution in [3.8, 4) is 0 Å². The zero-order chi connectivity index (χ0) is 13.2. The topological polar surface area (TPSA) is 33.3 Å². The molecule has 0 aromatic rings. The van der Waals surface area contributed by atoms with Crippen molar-refractivity contribution in [3.05, 3.63) is 12.2 Å². The summed E-state index contributed by atoms with van der Waals surface area (Å²) in [5.74, 6) is 0. The zero-order valence-corrected chi connectivity index (χ0v) is 12.1. The molecule has 0 radical (unpaired) electrons. The van der Waals surface area contributed by atoms with E-state index in [1.165, 1.54) is 38.6 Å². The molecule has 0 aromatic heterocycles. The molecule has 0 spiro atoms. The van der Waals surface area contributed by atoms with Crippen LogP contribution < -0.4 is 10.6 Å². The van der Waals surface area contributed by atoms with E-state index in [1.54, 1.807) is 0 Å². The third kappa shape index (κ3) is 7.85. The first-order valence-electron chi connectivity index (χ1n) is 7.37. The Morgan fingerprint density at radius 2 is 2.28 bits per heavy atom. The molecule has 0 aromatic carbocycles. The Balaban J connectivity index is 2.01. The molecule has 3 heteroatoms. The summed E-state index contributed by atoms with van der Waals surface area (Å²) in [6.07, 6.45) is 6.66. The molecule has 2 unspecified atom stereocenters. The van der Waals surface area contributed by atoms with Gasteiger partial charge in [0.05, 0.1) is 13.2 Å². The van der Waals surface area contributed by atoms with Gasteiger partial charge < -0.3 is 15.4 Å². The van der Waals surface area contributed by atoms with E-state index in [0.717, 1.165) is 18.7 Å². The van der Waals surface area contributed by atoms with E-state index in [1.807, 2.05) is 6.92 Å².